The molecule has 18 heavy (non-hydrogen) atoms. The Bertz CT molecular complexity index is 331. The molecule has 4 nitrogen and oxygen atoms in total. The van der Waals surface area contributed by atoms with E-state index in [1.807, 2.05) is 6.20 Å². The van der Waals surface area contributed by atoms with Crippen molar-refractivity contribution in [2.45, 2.75) is 51.5 Å². The Labute approximate surface area is 109 Å². The third-order valence-corrected chi connectivity index (χ3v) is 4.23. The van der Waals surface area contributed by atoms with Crippen molar-refractivity contribution < 1.29 is 5.11 Å². The van der Waals surface area contributed by atoms with Crippen LogP contribution < -0.4 is 5.32 Å². The number of H-pyrrole nitrogens is 1. The van der Waals surface area contributed by atoms with E-state index < -0.39 is 0 Å². The molecule has 1 fully saturated rings. The van der Waals surface area contributed by atoms with Crippen LogP contribution in [-0.2, 0) is 0 Å². The molecule has 1 aliphatic carbocycles. The second-order valence-electron chi connectivity index (χ2n) is 5.53. The highest BCUT2D eigenvalue weighted by molar-refractivity contribution is 4.96. The number of imidazole rings is 1. The topological polar surface area (TPSA) is 60.9 Å². The summed E-state index contributed by atoms with van der Waals surface area (Å²) in [6, 6.07) is 0.269. The van der Waals surface area contributed by atoms with E-state index in [0.717, 1.165) is 31.6 Å². The first-order valence-corrected chi connectivity index (χ1v) is 7.13. The fraction of sp³-hybridized carbons (Fsp3) is 0.786. The van der Waals surface area contributed by atoms with Gasteiger partial charge in [-0.2, -0.15) is 0 Å². The Hall–Kier alpha value is -0.870. The lowest BCUT2D eigenvalue weighted by molar-refractivity contribution is 0.0778. The molecule has 102 valence electrons. The minimum Gasteiger partial charge on any atom is -0.396 e. The molecule has 0 spiro atoms. The molecule has 2 rings (SSSR count). The quantitative estimate of drug-likeness (QED) is 0.727. The fourth-order valence-electron chi connectivity index (χ4n) is 2.93. The molecular formula is C14H25N3O. The van der Waals surface area contributed by atoms with Crippen molar-refractivity contribution in [2.24, 2.45) is 5.41 Å². The van der Waals surface area contributed by atoms with E-state index in [0.29, 0.717) is 6.61 Å². The molecule has 1 unspecified atom stereocenters. The molecule has 0 aliphatic heterocycles. The van der Waals surface area contributed by atoms with Crippen LogP contribution in [0.3, 0.4) is 0 Å². The monoisotopic (exact) mass is 251 g/mol. The van der Waals surface area contributed by atoms with Gasteiger partial charge in [0, 0.05) is 31.0 Å². The molecule has 1 atom stereocenters. The molecule has 0 radical (unpaired) electrons. The first-order valence-electron chi connectivity index (χ1n) is 7.13. The average Bonchev–Trinajstić information content (AvgIpc) is 2.95. The zero-order valence-electron chi connectivity index (χ0n) is 11.3. The zero-order valence-corrected chi connectivity index (χ0v) is 11.3. The first kappa shape index (κ1) is 13.6. The van der Waals surface area contributed by atoms with Crippen molar-refractivity contribution in [3.8, 4) is 0 Å². The maximum absolute atomic E-state index is 9.69. The van der Waals surface area contributed by atoms with Gasteiger partial charge in [-0.05, 0) is 19.3 Å². The number of nitrogens with one attached hydrogen (secondary N) is 2. The number of aliphatic hydroxyl groups is 1. The molecule has 0 amide bonds. The number of aromatic amines is 1. The third-order valence-electron chi connectivity index (χ3n) is 4.23. The van der Waals surface area contributed by atoms with Gasteiger partial charge in [0.1, 0.15) is 5.82 Å². The highest BCUT2D eigenvalue weighted by Gasteiger charge is 2.31. The Kier molecular flexibility index (Phi) is 4.78. The molecular weight excluding hydrogens is 226 g/mol. The molecule has 0 aromatic carbocycles. The zero-order chi connectivity index (χ0) is 12.8. The minimum atomic E-state index is 0.0955. The van der Waals surface area contributed by atoms with E-state index in [1.165, 1.54) is 19.3 Å². The van der Waals surface area contributed by atoms with Gasteiger partial charge in [-0.25, -0.2) is 4.98 Å². The number of hydrogen-bond acceptors (Lipinski definition) is 3. The SMILES string of the molecule is CCC(NCC1(CO)CCCCC1)c1ncc[nH]1. The lowest BCUT2D eigenvalue weighted by Crippen LogP contribution is -2.40. The molecule has 1 aromatic rings. The summed E-state index contributed by atoms with van der Waals surface area (Å²) in [6.45, 7) is 3.35. The molecule has 1 saturated carbocycles. The summed E-state index contributed by atoms with van der Waals surface area (Å²) in [5, 5.41) is 13.3. The number of hydrogen-bond donors (Lipinski definition) is 3. The van der Waals surface area contributed by atoms with Crippen LogP contribution in [0.1, 0.15) is 57.3 Å². The van der Waals surface area contributed by atoms with Crippen LogP contribution in [0.15, 0.2) is 12.4 Å². The molecule has 1 heterocycles. The van der Waals surface area contributed by atoms with E-state index in [2.05, 4.69) is 22.2 Å². The van der Waals surface area contributed by atoms with Crippen molar-refractivity contribution in [3.63, 3.8) is 0 Å². The molecule has 0 bridgehead atoms. The van der Waals surface area contributed by atoms with E-state index in [1.54, 1.807) is 6.20 Å². The Morgan fingerprint density at radius 3 is 2.78 bits per heavy atom. The summed E-state index contributed by atoms with van der Waals surface area (Å²) in [5.41, 5.74) is 0.0955. The van der Waals surface area contributed by atoms with Gasteiger partial charge >= 0.3 is 0 Å². The summed E-state index contributed by atoms with van der Waals surface area (Å²) in [7, 11) is 0. The molecule has 1 aromatic heterocycles. The number of nitrogens with zero attached hydrogens (tertiary/aromatic N) is 1. The number of aliphatic hydroxyl groups excluding tert-OH is 1. The van der Waals surface area contributed by atoms with E-state index in [-0.39, 0.29) is 11.5 Å². The minimum absolute atomic E-state index is 0.0955. The van der Waals surface area contributed by atoms with Gasteiger partial charge in [-0.1, -0.05) is 26.2 Å². The molecule has 3 N–H and O–H groups in total. The van der Waals surface area contributed by atoms with Crippen molar-refractivity contribution in [1.82, 2.24) is 15.3 Å². The summed E-state index contributed by atoms with van der Waals surface area (Å²) in [5.74, 6) is 1.00. The number of aromatic nitrogens is 2. The van der Waals surface area contributed by atoms with E-state index >= 15 is 0 Å². The second kappa shape index (κ2) is 6.34. The first-order chi connectivity index (χ1) is 8.79. The fourth-order valence-corrected chi connectivity index (χ4v) is 2.93. The molecule has 1 aliphatic rings. The van der Waals surface area contributed by atoms with Crippen molar-refractivity contribution in [2.75, 3.05) is 13.2 Å². The van der Waals surface area contributed by atoms with Gasteiger partial charge in [0.15, 0.2) is 0 Å². The van der Waals surface area contributed by atoms with Gasteiger partial charge in [0.25, 0.3) is 0 Å². The van der Waals surface area contributed by atoms with Crippen LogP contribution >= 0.6 is 0 Å². The van der Waals surface area contributed by atoms with Gasteiger partial charge in [-0.15, -0.1) is 0 Å². The predicted molar refractivity (Wildman–Crippen MR) is 72.2 cm³/mol. The lowest BCUT2D eigenvalue weighted by atomic mass is 9.74. The summed E-state index contributed by atoms with van der Waals surface area (Å²) >= 11 is 0. The summed E-state index contributed by atoms with van der Waals surface area (Å²) < 4.78 is 0. The van der Waals surface area contributed by atoms with Crippen LogP contribution in [0, 0.1) is 5.41 Å². The number of rotatable bonds is 6. The van der Waals surface area contributed by atoms with Crippen LogP contribution in [-0.4, -0.2) is 28.2 Å². The van der Waals surface area contributed by atoms with E-state index in [9.17, 15) is 5.11 Å². The predicted octanol–water partition coefficient (Wildman–Crippen LogP) is 2.39. The maximum Gasteiger partial charge on any atom is 0.123 e. The Morgan fingerprint density at radius 1 is 1.44 bits per heavy atom. The van der Waals surface area contributed by atoms with Crippen molar-refractivity contribution >= 4 is 0 Å². The van der Waals surface area contributed by atoms with Crippen LogP contribution in [0.4, 0.5) is 0 Å². The van der Waals surface area contributed by atoms with Crippen LogP contribution in [0.2, 0.25) is 0 Å². The molecule has 0 saturated heterocycles. The lowest BCUT2D eigenvalue weighted by Gasteiger charge is -2.36. The van der Waals surface area contributed by atoms with Gasteiger partial charge < -0.3 is 15.4 Å². The Morgan fingerprint density at radius 2 is 2.22 bits per heavy atom. The standard InChI is InChI=1S/C14H25N3O/c1-2-12(13-15-8-9-16-13)17-10-14(11-18)6-4-3-5-7-14/h8-9,12,17-18H,2-7,10-11H2,1H3,(H,15,16). The second-order valence-corrected chi connectivity index (χ2v) is 5.53. The maximum atomic E-state index is 9.69. The van der Waals surface area contributed by atoms with Gasteiger partial charge in [0.05, 0.1) is 6.04 Å². The molecule has 4 heteroatoms. The van der Waals surface area contributed by atoms with Gasteiger partial charge in [-0.3, -0.25) is 0 Å². The highest BCUT2D eigenvalue weighted by Crippen LogP contribution is 2.35. The van der Waals surface area contributed by atoms with Gasteiger partial charge in [0.2, 0.25) is 0 Å². The summed E-state index contributed by atoms with van der Waals surface area (Å²) in [6.07, 6.45) is 10.8. The third kappa shape index (κ3) is 3.12. The smallest absolute Gasteiger partial charge is 0.123 e. The van der Waals surface area contributed by atoms with Crippen LogP contribution in [0.5, 0.6) is 0 Å². The van der Waals surface area contributed by atoms with Crippen LogP contribution in [0.25, 0.3) is 0 Å². The Balaban J connectivity index is 1.92. The van der Waals surface area contributed by atoms with Crippen molar-refractivity contribution in [3.05, 3.63) is 18.2 Å². The van der Waals surface area contributed by atoms with Crippen molar-refractivity contribution in [1.29, 1.82) is 0 Å². The van der Waals surface area contributed by atoms with E-state index in [4.69, 9.17) is 0 Å². The highest BCUT2D eigenvalue weighted by atomic mass is 16.3. The summed E-state index contributed by atoms with van der Waals surface area (Å²) in [4.78, 5) is 7.49. The normalized spacial score (nSPS) is 20.8. The average molecular weight is 251 g/mol. The largest absolute Gasteiger partial charge is 0.396 e.